The lowest BCUT2D eigenvalue weighted by atomic mass is 10.0. The summed E-state index contributed by atoms with van der Waals surface area (Å²) < 4.78 is 0. The van der Waals surface area contributed by atoms with E-state index in [9.17, 15) is 4.79 Å². The number of nitrogens with one attached hydrogen (secondary N) is 1. The summed E-state index contributed by atoms with van der Waals surface area (Å²) in [5.74, 6) is 1.67. The summed E-state index contributed by atoms with van der Waals surface area (Å²) in [6.45, 7) is 6.73. The Balaban J connectivity index is 1.49. The molecule has 1 aromatic rings. The molecule has 2 fully saturated rings. The molecule has 0 saturated carbocycles. The lowest BCUT2D eigenvalue weighted by Crippen LogP contribution is -2.44. The number of rotatable bonds is 3. The second-order valence-corrected chi connectivity index (χ2v) is 6.92. The molecule has 2 amide bonds. The summed E-state index contributed by atoms with van der Waals surface area (Å²) in [7, 11) is 0. The van der Waals surface area contributed by atoms with E-state index >= 15 is 0 Å². The monoisotopic (exact) mass is 316 g/mol. The summed E-state index contributed by atoms with van der Waals surface area (Å²) >= 11 is 0. The van der Waals surface area contributed by atoms with E-state index in [4.69, 9.17) is 0 Å². The van der Waals surface area contributed by atoms with Gasteiger partial charge in [-0.25, -0.2) is 9.78 Å². The Morgan fingerprint density at radius 1 is 1.22 bits per heavy atom. The minimum absolute atomic E-state index is 0.0525. The Hall–Kier alpha value is -1.78. The van der Waals surface area contributed by atoms with Crippen LogP contribution in [0.2, 0.25) is 0 Å². The number of carbonyl (C=O) groups excluding carboxylic acids is 1. The van der Waals surface area contributed by atoms with Crippen molar-refractivity contribution in [3.8, 4) is 0 Å². The fourth-order valence-corrected chi connectivity index (χ4v) is 3.49. The average molecular weight is 316 g/mol. The van der Waals surface area contributed by atoms with Crippen LogP contribution in [0.3, 0.4) is 0 Å². The Kier molecular flexibility index (Phi) is 5.36. The Bertz CT molecular complexity index is 510. The normalized spacial score (nSPS) is 22.0. The lowest BCUT2D eigenvalue weighted by molar-refractivity contribution is 0.169. The Morgan fingerprint density at radius 2 is 2.04 bits per heavy atom. The van der Waals surface area contributed by atoms with Crippen LogP contribution in [0, 0.1) is 5.92 Å². The molecule has 5 heteroatoms. The standard InChI is InChI=1S/C18H28N4O/c1-15-6-5-11-22(14-15)18(23)20-13-16-7-8-17(19-12-16)21-9-3-2-4-10-21/h7-8,12,15H,2-6,9-11,13-14H2,1H3,(H,20,23). The van der Waals surface area contributed by atoms with Crippen LogP contribution < -0.4 is 10.2 Å². The average Bonchev–Trinajstić information content (AvgIpc) is 2.61. The van der Waals surface area contributed by atoms with Gasteiger partial charge in [0.05, 0.1) is 0 Å². The lowest BCUT2D eigenvalue weighted by Gasteiger charge is -2.31. The molecule has 23 heavy (non-hydrogen) atoms. The first kappa shape index (κ1) is 16.1. The van der Waals surface area contributed by atoms with Gasteiger partial charge in [0.2, 0.25) is 0 Å². The zero-order valence-corrected chi connectivity index (χ0v) is 14.1. The van der Waals surface area contributed by atoms with E-state index in [-0.39, 0.29) is 6.03 Å². The van der Waals surface area contributed by atoms with E-state index in [1.54, 1.807) is 0 Å². The molecule has 0 spiro atoms. The van der Waals surface area contributed by atoms with Gasteiger partial charge in [-0.1, -0.05) is 13.0 Å². The van der Waals surface area contributed by atoms with Gasteiger partial charge in [0.1, 0.15) is 5.82 Å². The number of aromatic nitrogens is 1. The maximum atomic E-state index is 12.2. The minimum atomic E-state index is 0.0525. The predicted octanol–water partition coefficient (Wildman–Crippen LogP) is 3.01. The highest BCUT2D eigenvalue weighted by molar-refractivity contribution is 5.74. The van der Waals surface area contributed by atoms with E-state index in [0.29, 0.717) is 12.5 Å². The maximum Gasteiger partial charge on any atom is 0.317 e. The Morgan fingerprint density at radius 3 is 2.74 bits per heavy atom. The molecule has 2 aliphatic rings. The van der Waals surface area contributed by atoms with Gasteiger partial charge in [-0.3, -0.25) is 0 Å². The highest BCUT2D eigenvalue weighted by Gasteiger charge is 2.20. The molecule has 1 atom stereocenters. The first-order chi connectivity index (χ1) is 11.2. The number of piperidine rings is 2. The number of urea groups is 1. The van der Waals surface area contributed by atoms with Crippen molar-refractivity contribution in [2.24, 2.45) is 5.92 Å². The second kappa shape index (κ2) is 7.66. The molecule has 1 N–H and O–H groups in total. The molecule has 1 unspecified atom stereocenters. The van der Waals surface area contributed by atoms with Crippen LogP contribution in [0.5, 0.6) is 0 Å². The van der Waals surface area contributed by atoms with Crippen molar-refractivity contribution in [3.63, 3.8) is 0 Å². The van der Waals surface area contributed by atoms with E-state index in [0.717, 1.165) is 44.0 Å². The molecule has 126 valence electrons. The molecular formula is C18H28N4O. The van der Waals surface area contributed by atoms with Crippen molar-refractivity contribution in [2.45, 2.75) is 45.6 Å². The van der Waals surface area contributed by atoms with E-state index < -0.39 is 0 Å². The summed E-state index contributed by atoms with van der Waals surface area (Å²) in [6.07, 6.45) is 8.08. The zero-order valence-electron chi connectivity index (χ0n) is 14.1. The van der Waals surface area contributed by atoms with Crippen molar-refractivity contribution in [1.29, 1.82) is 0 Å². The SMILES string of the molecule is CC1CCCN(C(=O)NCc2ccc(N3CCCCC3)nc2)C1. The van der Waals surface area contributed by atoms with Crippen LogP contribution in [-0.4, -0.2) is 42.1 Å². The van der Waals surface area contributed by atoms with Gasteiger partial charge in [-0.05, 0) is 49.7 Å². The molecule has 0 aliphatic carbocycles. The van der Waals surface area contributed by atoms with Gasteiger partial charge < -0.3 is 15.1 Å². The highest BCUT2D eigenvalue weighted by atomic mass is 16.2. The van der Waals surface area contributed by atoms with Gasteiger partial charge in [0, 0.05) is 38.9 Å². The summed E-state index contributed by atoms with van der Waals surface area (Å²) in [5.41, 5.74) is 1.06. The first-order valence-electron chi connectivity index (χ1n) is 8.95. The fourth-order valence-electron chi connectivity index (χ4n) is 3.49. The molecule has 0 bridgehead atoms. The van der Waals surface area contributed by atoms with Crippen LogP contribution in [0.4, 0.5) is 10.6 Å². The first-order valence-corrected chi connectivity index (χ1v) is 8.95. The van der Waals surface area contributed by atoms with Crippen LogP contribution >= 0.6 is 0 Å². The third-order valence-corrected chi connectivity index (χ3v) is 4.88. The molecule has 3 heterocycles. The second-order valence-electron chi connectivity index (χ2n) is 6.92. The number of carbonyl (C=O) groups is 1. The van der Waals surface area contributed by atoms with E-state index in [2.05, 4.69) is 34.3 Å². The number of amides is 2. The highest BCUT2D eigenvalue weighted by Crippen LogP contribution is 2.18. The molecule has 0 aromatic carbocycles. The topological polar surface area (TPSA) is 48.5 Å². The number of nitrogens with zero attached hydrogens (tertiary/aromatic N) is 3. The van der Waals surface area contributed by atoms with Crippen molar-refractivity contribution < 1.29 is 4.79 Å². The largest absolute Gasteiger partial charge is 0.357 e. The minimum Gasteiger partial charge on any atom is -0.357 e. The van der Waals surface area contributed by atoms with E-state index in [1.165, 1.54) is 25.7 Å². The summed E-state index contributed by atoms with van der Waals surface area (Å²) in [4.78, 5) is 21.1. The number of hydrogen-bond donors (Lipinski definition) is 1. The third-order valence-electron chi connectivity index (χ3n) is 4.88. The molecule has 2 saturated heterocycles. The molecular weight excluding hydrogens is 288 g/mol. The van der Waals surface area contributed by atoms with Crippen LogP contribution in [0.25, 0.3) is 0 Å². The molecule has 1 aromatic heterocycles. The van der Waals surface area contributed by atoms with Crippen LogP contribution in [-0.2, 0) is 6.54 Å². The van der Waals surface area contributed by atoms with Crippen LogP contribution in [0.1, 0.15) is 44.6 Å². The maximum absolute atomic E-state index is 12.2. The summed E-state index contributed by atoms with van der Waals surface area (Å²) in [6, 6.07) is 4.21. The third kappa shape index (κ3) is 4.36. The number of pyridine rings is 1. The number of anilines is 1. The molecule has 0 radical (unpaired) electrons. The number of hydrogen-bond acceptors (Lipinski definition) is 3. The quantitative estimate of drug-likeness (QED) is 0.932. The van der Waals surface area contributed by atoms with Crippen molar-refractivity contribution >= 4 is 11.8 Å². The number of likely N-dealkylation sites (tertiary alicyclic amines) is 1. The Labute approximate surface area is 139 Å². The van der Waals surface area contributed by atoms with Crippen molar-refractivity contribution in [2.75, 3.05) is 31.1 Å². The van der Waals surface area contributed by atoms with Gasteiger partial charge >= 0.3 is 6.03 Å². The smallest absolute Gasteiger partial charge is 0.317 e. The summed E-state index contributed by atoms with van der Waals surface area (Å²) in [5, 5.41) is 3.02. The fraction of sp³-hybridized carbons (Fsp3) is 0.667. The molecule has 3 rings (SSSR count). The van der Waals surface area contributed by atoms with Gasteiger partial charge in [-0.15, -0.1) is 0 Å². The van der Waals surface area contributed by atoms with Crippen molar-refractivity contribution in [1.82, 2.24) is 15.2 Å². The van der Waals surface area contributed by atoms with Gasteiger partial charge in [-0.2, -0.15) is 0 Å². The molecule has 5 nitrogen and oxygen atoms in total. The predicted molar refractivity (Wildman–Crippen MR) is 92.5 cm³/mol. The van der Waals surface area contributed by atoms with Gasteiger partial charge in [0.15, 0.2) is 0 Å². The van der Waals surface area contributed by atoms with Gasteiger partial charge in [0.25, 0.3) is 0 Å². The molecule has 2 aliphatic heterocycles. The van der Waals surface area contributed by atoms with Crippen LogP contribution in [0.15, 0.2) is 18.3 Å². The zero-order chi connectivity index (χ0) is 16.1. The van der Waals surface area contributed by atoms with E-state index in [1.807, 2.05) is 11.1 Å². The van der Waals surface area contributed by atoms with Crippen molar-refractivity contribution in [3.05, 3.63) is 23.9 Å².